The molecule has 2 aliphatic rings. The molecule has 0 bridgehead atoms. The van der Waals surface area contributed by atoms with Gasteiger partial charge in [-0.2, -0.15) is 4.39 Å². The third-order valence-electron chi connectivity index (χ3n) is 4.09. The molecule has 1 aromatic rings. The van der Waals surface area contributed by atoms with Crippen molar-refractivity contribution in [2.75, 3.05) is 39.4 Å². The summed E-state index contributed by atoms with van der Waals surface area (Å²) in [6.07, 6.45) is 1.96. The second kappa shape index (κ2) is 6.03. The van der Waals surface area contributed by atoms with Gasteiger partial charge in [-0.05, 0) is 12.5 Å². The van der Waals surface area contributed by atoms with Crippen LogP contribution in [0.2, 0.25) is 0 Å². The quantitative estimate of drug-likeness (QED) is 0.761. The Labute approximate surface area is 121 Å². The van der Waals surface area contributed by atoms with Gasteiger partial charge < -0.3 is 9.64 Å². The highest BCUT2D eigenvalue weighted by Crippen LogP contribution is 2.20. The number of likely N-dealkylation sites (tertiary alicyclic amines) is 1. The number of rotatable bonds is 2. The topological polar surface area (TPSA) is 45.7 Å². The van der Waals surface area contributed by atoms with Crippen molar-refractivity contribution in [1.29, 1.82) is 0 Å². The Kier molecular flexibility index (Phi) is 4.12. The number of carbonyl (C=O) groups is 1. The lowest BCUT2D eigenvalue weighted by molar-refractivity contribution is 0.0185. The summed E-state index contributed by atoms with van der Waals surface area (Å²) in [6, 6.07) is 1.50. The van der Waals surface area contributed by atoms with Gasteiger partial charge in [0.2, 0.25) is 5.95 Å². The number of amides is 1. The molecule has 21 heavy (non-hydrogen) atoms. The Morgan fingerprint density at radius 1 is 1.29 bits per heavy atom. The zero-order valence-electron chi connectivity index (χ0n) is 11.6. The first-order valence-corrected chi connectivity index (χ1v) is 7.08. The molecule has 1 atom stereocenters. The molecule has 0 aromatic carbocycles. The lowest BCUT2D eigenvalue weighted by Gasteiger charge is -2.32. The van der Waals surface area contributed by atoms with Crippen LogP contribution in [0.15, 0.2) is 12.3 Å². The first-order valence-electron chi connectivity index (χ1n) is 7.08. The first-order chi connectivity index (χ1) is 10.2. The number of nitrogens with zero attached hydrogens (tertiary/aromatic N) is 3. The molecule has 2 saturated heterocycles. The van der Waals surface area contributed by atoms with Crippen LogP contribution in [0.5, 0.6) is 0 Å². The van der Waals surface area contributed by atoms with E-state index in [4.69, 9.17) is 4.74 Å². The Morgan fingerprint density at radius 2 is 2.05 bits per heavy atom. The number of halogens is 2. The number of ether oxygens (including phenoxy) is 1. The van der Waals surface area contributed by atoms with Crippen molar-refractivity contribution in [2.24, 2.45) is 0 Å². The van der Waals surface area contributed by atoms with E-state index in [0.29, 0.717) is 26.3 Å². The number of morpholine rings is 1. The van der Waals surface area contributed by atoms with Crippen molar-refractivity contribution in [3.63, 3.8) is 0 Å². The smallest absolute Gasteiger partial charge is 0.257 e. The van der Waals surface area contributed by atoms with Crippen LogP contribution in [-0.2, 0) is 4.74 Å². The van der Waals surface area contributed by atoms with E-state index >= 15 is 0 Å². The lowest BCUT2D eigenvalue weighted by Crippen LogP contribution is -2.45. The van der Waals surface area contributed by atoms with Crippen molar-refractivity contribution in [1.82, 2.24) is 14.8 Å². The van der Waals surface area contributed by atoms with Crippen LogP contribution in [0.4, 0.5) is 8.78 Å². The maximum Gasteiger partial charge on any atom is 0.257 e. The van der Waals surface area contributed by atoms with E-state index in [-0.39, 0.29) is 11.6 Å². The molecule has 7 heteroatoms. The molecule has 5 nitrogen and oxygen atoms in total. The van der Waals surface area contributed by atoms with Crippen molar-refractivity contribution in [3.8, 4) is 0 Å². The molecule has 3 rings (SSSR count). The maximum absolute atomic E-state index is 13.6. The largest absolute Gasteiger partial charge is 0.379 e. The minimum atomic E-state index is -1.23. The van der Waals surface area contributed by atoms with Gasteiger partial charge in [-0.15, -0.1) is 0 Å². The molecule has 0 spiro atoms. The highest BCUT2D eigenvalue weighted by molar-refractivity contribution is 5.94. The van der Waals surface area contributed by atoms with Crippen molar-refractivity contribution >= 4 is 5.91 Å². The maximum atomic E-state index is 13.6. The van der Waals surface area contributed by atoms with E-state index < -0.39 is 17.7 Å². The van der Waals surface area contributed by atoms with Crippen LogP contribution < -0.4 is 0 Å². The Bertz CT molecular complexity index is 535. The second-order valence-electron chi connectivity index (χ2n) is 5.31. The van der Waals surface area contributed by atoms with Crippen molar-refractivity contribution in [3.05, 3.63) is 29.6 Å². The summed E-state index contributed by atoms with van der Waals surface area (Å²) in [7, 11) is 0. The van der Waals surface area contributed by atoms with Gasteiger partial charge in [0.25, 0.3) is 5.91 Å². The average molecular weight is 297 g/mol. The Morgan fingerprint density at radius 3 is 2.81 bits per heavy atom. The van der Waals surface area contributed by atoms with Crippen LogP contribution in [0.1, 0.15) is 16.8 Å². The molecule has 3 heterocycles. The number of hydrogen-bond acceptors (Lipinski definition) is 4. The standard InChI is InChI=1S/C14H17F2N3O2/c15-12-11(1-3-17-13(12)16)14(20)19-4-2-10(9-19)18-5-7-21-8-6-18/h1,3,10H,2,4-9H2. The van der Waals surface area contributed by atoms with Crippen molar-refractivity contribution in [2.45, 2.75) is 12.5 Å². The molecule has 1 unspecified atom stereocenters. The molecule has 0 aliphatic carbocycles. The molecule has 114 valence electrons. The number of carbonyl (C=O) groups excluding carboxylic acids is 1. The predicted molar refractivity (Wildman–Crippen MR) is 70.9 cm³/mol. The molecule has 0 saturated carbocycles. The van der Waals surface area contributed by atoms with Gasteiger partial charge in [0.05, 0.1) is 18.8 Å². The van der Waals surface area contributed by atoms with Gasteiger partial charge in [-0.3, -0.25) is 9.69 Å². The summed E-state index contributed by atoms with van der Waals surface area (Å²) in [6.45, 7) is 4.21. The summed E-state index contributed by atoms with van der Waals surface area (Å²) in [5.41, 5.74) is -0.245. The van der Waals surface area contributed by atoms with Gasteiger partial charge >= 0.3 is 0 Å². The van der Waals surface area contributed by atoms with E-state index in [1.165, 1.54) is 6.07 Å². The fraction of sp³-hybridized carbons (Fsp3) is 0.571. The monoisotopic (exact) mass is 297 g/mol. The summed E-state index contributed by atoms with van der Waals surface area (Å²) in [4.78, 5) is 19.4. The fourth-order valence-corrected chi connectivity index (χ4v) is 2.92. The van der Waals surface area contributed by atoms with Gasteiger partial charge in [-0.1, -0.05) is 0 Å². The van der Waals surface area contributed by atoms with Crippen LogP contribution in [0, 0.1) is 11.8 Å². The van der Waals surface area contributed by atoms with E-state index in [9.17, 15) is 13.6 Å². The zero-order valence-corrected chi connectivity index (χ0v) is 11.6. The third-order valence-corrected chi connectivity index (χ3v) is 4.09. The third kappa shape index (κ3) is 2.89. The predicted octanol–water partition coefficient (Wildman–Crippen LogP) is 0.907. The number of hydrogen-bond donors (Lipinski definition) is 0. The van der Waals surface area contributed by atoms with E-state index in [1.54, 1.807) is 4.90 Å². The lowest BCUT2D eigenvalue weighted by atomic mass is 10.2. The van der Waals surface area contributed by atoms with Gasteiger partial charge in [0, 0.05) is 38.4 Å². The molecular formula is C14H17F2N3O2. The fourth-order valence-electron chi connectivity index (χ4n) is 2.92. The minimum absolute atomic E-state index is 0.245. The van der Waals surface area contributed by atoms with Gasteiger partial charge in [0.15, 0.2) is 5.82 Å². The normalized spacial score (nSPS) is 23.5. The molecular weight excluding hydrogens is 280 g/mol. The average Bonchev–Trinajstić information content (AvgIpc) is 3.00. The van der Waals surface area contributed by atoms with Crippen molar-refractivity contribution < 1.29 is 18.3 Å². The molecule has 1 amide bonds. The van der Waals surface area contributed by atoms with Gasteiger partial charge in [0.1, 0.15) is 0 Å². The molecule has 1 aromatic heterocycles. The van der Waals surface area contributed by atoms with Crippen LogP contribution >= 0.6 is 0 Å². The van der Waals surface area contributed by atoms with Crippen LogP contribution in [0.25, 0.3) is 0 Å². The van der Waals surface area contributed by atoms with E-state index in [1.807, 2.05) is 0 Å². The Balaban J connectivity index is 1.68. The Hall–Kier alpha value is -1.60. The highest BCUT2D eigenvalue weighted by atomic mass is 19.2. The highest BCUT2D eigenvalue weighted by Gasteiger charge is 2.32. The molecule has 2 fully saturated rings. The molecule has 0 N–H and O–H groups in total. The zero-order chi connectivity index (χ0) is 14.8. The van der Waals surface area contributed by atoms with Crippen LogP contribution in [-0.4, -0.2) is 66.1 Å². The number of pyridine rings is 1. The summed E-state index contributed by atoms with van der Waals surface area (Å²) < 4.78 is 32.1. The molecule has 0 radical (unpaired) electrons. The summed E-state index contributed by atoms with van der Waals surface area (Å²) >= 11 is 0. The van der Waals surface area contributed by atoms with Gasteiger partial charge in [-0.25, -0.2) is 9.37 Å². The van der Waals surface area contributed by atoms with E-state index in [0.717, 1.165) is 25.7 Å². The molecule has 2 aliphatic heterocycles. The second-order valence-corrected chi connectivity index (χ2v) is 5.31. The SMILES string of the molecule is O=C(c1ccnc(F)c1F)N1CCC(N2CCOCC2)C1. The number of aromatic nitrogens is 1. The summed E-state index contributed by atoms with van der Waals surface area (Å²) in [5.74, 6) is -2.87. The minimum Gasteiger partial charge on any atom is -0.379 e. The van der Waals surface area contributed by atoms with E-state index in [2.05, 4.69) is 9.88 Å². The first kappa shape index (κ1) is 14.3. The summed E-state index contributed by atoms with van der Waals surface area (Å²) in [5, 5.41) is 0. The van der Waals surface area contributed by atoms with Crippen LogP contribution in [0.3, 0.4) is 0 Å².